The minimum absolute atomic E-state index is 0.227. The summed E-state index contributed by atoms with van der Waals surface area (Å²) in [4.78, 5) is 1.11. The summed E-state index contributed by atoms with van der Waals surface area (Å²) < 4.78 is 28.2. The van der Waals surface area contributed by atoms with Crippen LogP contribution in [-0.4, -0.2) is 25.8 Å². The van der Waals surface area contributed by atoms with Crippen LogP contribution in [0.3, 0.4) is 0 Å². The van der Waals surface area contributed by atoms with Crippen LogP contribution in [0.2, 0.25) is 5.02 Å². The van der Waals surface area contributed by atoms with Gasteiger partial charge in [-0.05, 0) is 55.0 Å². The van der Waals surface area contributed by atoms with E-state index in [1.807, 2.05) is 37.3 Å². The van der Waals surface area contributed by atoms with Gasteiger partial charge in [0, 0.05) is 23.0 Å². The summed E-state index contributed by atoms with van der Waals surface area (Å²) in [6, 6.07) is 11.5. The molecule has 0 aliphatic carbocycles. The molecule has 3 rings (SSSR count). The molecule has 1 aliphatic rings. The minimum atomic E-state index is -3.40. The number of rotatable bonds is 4. The highest BCUT2D eigenvalue weighted by Gasteiger charge is 2.30. The minimum Gasteiger partial charge on any atom is -0.206 e. The lowest BCUT2D eigenvalue weighted by molar-refractivity contribution is 0.407. The molecule has 0 amide bonds. The molecule has 1 saturated heterocycles. The zero-order valence-electron chi connectivity index (χ0n) is 13.7. The van der Waals surface area contributed by atoms with Crippen LogP contribution >= 0.6 is 22.9 Å². The Labute approximate surface area is 153 Å². The molecule has 0 N–H and O–H groups in total. The second kappa shape index (κ2) is 7.56. The Morgan fingerprint density at radius 1 is 1.17 bits per heavy atom. The molecule has 6 heteroatoms. The first-order chi connectivity index (χ1) is 11.5. The zero-order chi connectivity index (χ0) is 17.2. The van der Waals surface area contributed by atoms with Crippen molar-refractivity contribution in [3.63, 3.8) is 0 Å². The van der Waals surface area contributed by atoms with Gasteiger partial charge in [-0.3, -0.25) is 0 Å². The summed E-state index contributed by atoms with van der Waals surface area (Å²) in [5.74, 6) is 0.227. The van der Waals surface area contributed by atoms with Crippen molar-refractivity contribution < 1.29 is 8.42 Å². The lowest BCUT2D eigenvalue weighted by Crippen LogP contribution is -2.33. The van der Waals surface area contributed by atoms with Crippen LogP contribution in [0.5, 0.6) is 0 Å². The van der Waals surface area contributed by atoms with Crippen molar-refractivity contribution >= 4 is 33.0 Å². The van der Waals surface area contributed by atoms with Crippen LogP contribution in [0.1, 0.15) is 42.5 Å². The maximum atomic E-state index is 13.0. The highest BCUT2D eigenvalue weighted by atomic mass is 35.5. The van der Waals surface area contributed by atoms with Crippen molar-refractivity contribution in [1.29, 1.82) is 0 Å². The molecular formula is C18H22ClNO2S2. The summed E-state index contributed by atoms with van der Waals surface area (Å²) in [6.07, 6.45) is 3.84. The maximum Gasteiger partial charge on any atom is 0.252 e. The maximum absolute atomic E-state index is 13.0. The van der Waals surface area contributed by atoms with Gasteiger partial charge in [-0.25, -0.2) is 8.42 Å². The molecule has 3 nitrogen and oxygen atoms in total. The normalized spacial score (nSPS) is 20.0. The topological polar surface area (TPSA) is 37.4 Å². The third kappa shape index (κ3) is 3.85. The lowest BCUT2D eigenvalue weighted by atomic mass is 9.95. The van der Waals surface area contributed by atoms with Gasteiger partial charge in [-0.15, -0.1) is 11.3 Å². The molecule has 130 valence electrons. The molecule has 1 aliphatic heterocycles. The summed E-state index contributed by atoms with van der Waals surface area (Å²) in [7, 11) is -3.40. The number of benzene rings is 1. The van der Waals surface area contributed by atoms with Crippen LogP contribution in [-0.2, 0) is 16.4 Å². The van der Waals surface area contributed by atoms with Gasteiger partial charge < -0.3 is 0 Å². The summed E-state index contributed by atoms with van der Waals surface area (Å²) in [5, 5.41) is 0.711. The summed E-state index contributed by atoms with van der Waals surface area (Å²) >= 11 is 7.37. The molecule has 1 unspecified atom stereocenters. The SMILES string of the molecule is CCc1ccc(S(=O)(=O)N2CCCCC(c3ccc(Cl)cc3)C2)s1. The fraction of sp³-hybridized carbons (Fsp3) is 0.444. The van der Waals surface area contributed by atoms with E-state index in [0.29, 0.717) is 22.3 Å². The van der Waals surface area contributed by atoms with Crippen molar-refractivity contribution in [3.8, 4) is 0 Å². The first-order valence-electron chi connectivity index (χ1n) is 8.35. The van der Waals surface area contributed by atoms with E-state index >= 15 is 0 Å². The number of sulfonamides is 1. The van der Waals surface area contributed by atoms with Gasteiger partial charge in [0.15, 0.2) is 0 Å². The quantitative estimate of drug-likeness (QED) is 0.751. The molecule has 1 aromatic carbocycles. The molecule has 0 bridgehead atoms. The Bertz CT molecular complexity index is 784. The van der Waals surface area contributed by atoms with E-state index in [1.54, 1.807) is 10.4 Å². The molecule has 1 fully saturated rings. The number of thiophene rings is 1. The smallest absolute Gasteiger partial charge is 0.206 e. The molecule has 0 spiro atoms. The Hall–Kier alpha value is -0.880. The molecule has 2 heterocycles. The Balaban J connectivity index is 1.85. The van der Waals surface area contributed by atoms with Gasteiger partial charge in [-0.2, -0.15) is 4.31 Å². The van der Waals surface area contributed by atoms with Gasteiger partial charge in [0.05, 0.1) is 0 Å². The summed E-state index contributed by atoms with van der Waals surface area (Å²) in [6.45, 7) is 3.19. The number of aryl methyl sites for hydroxylation is 1. The van der Waals surface area contributed by atoms with Crippen LogP contribution in [0.4, 0.5) is 0 Å². The van der Waals surface area contributed by atoms with E-state index in [1.165, 1.54) is 16.9 Å². The van der Waals surface area contributed by atoms with Gasteiger partial charge in [-0.1, -0.05) is 37.1 Å². The fourth-order valence-electron chi connectivity index (χ4n) is 3.15. The van der Waals surface area contributed by atoms with Crippen molar-refractivity contribution in [3.05, 3.63) is 51.9 Å². The number of nitrogens with zero attached hydrogens (tertiary/aromatic N) is 1. The Kier molecular flexibility index (Phi) is 5.65. The number of hydrogen-bond donors (Lipinski definition) is 0. The average Bonchev–Trinajstić information content (AvgIpc) is 2.93. The van der Waals surface area contributed by atoms with Crippen molar-refractivity contribution in [2.75, 3.05) is 13.1 Å². The monoisotopic (exact) mass is 383 g/mol. The zero-order valence-corrected chi connectivity index (χ0v) is 16.1. The molecule has 0 radical (unpaired) electrons. The van der Waals surface area contributed by atoms with Gasteiger partial charge in [0.25, 0.3) is 10.0 Å². The predicted molar refractivity (Wildman–Crippen MR) is 100 cm³/mol. The average molecular weight is 384 g/mol. The molecule has 0 saturated carbocycles. The van der Waals surface area contributed by atoms with Crippen molar-refractivity contribution in [2.24, 2.45) is 0 Å². The van der Waals surface area contributed by atoms with E-state index in [-0.39, 0.29) is 5.92 Å². The van der Waals surface area contributed by atoms with Crippen LogP contribution in [0.15, 0.2) is 40.6 Å². The fourth-order valence-corrected chi connectivity index (χ4v) is 6.25. The van der Waals surface area contributed by atoms with Gasteiger partial charge in [0.1, 0.15) is 4.21 Å². The van der Waals surface area contributed by atoms with E-state index in [2.05, 4.69) is 0 Å². The standard InChI is InChI=1S/C18H22ClNO2S2/c1-2-17-10-11-18(23-17)24(21,22)20-12-4-3-5-15(13-20)14-6-8-16(19)9-7-14/h6-11,15H,2-5,12-13H2,1H3. The third-order valence-corrected chi connectivity index (χ3v) is 8.37. The van der Waals surface area contributed by atoms with Gasteiger partial charge >= 0.3 is 0 Å². The van der Waals surface area contributed by atoms with Crippen LogP contribution in [0, 0.1) is 0 Å². The molecule has 1 atom stereocenters. The van der Waals surface area contributed by atoms with E-state index < -0.39 is 10.0 Å². The predicted octanol–water partition coefficient (Wildman–Crippen LogP) is 4.92. The second-order valence-corrected chi connectivity index (χ2v) is 9.95. The Morgan fingerprint density at radius 3 is 2.58 bits per heavy atom. The number of halogens is 1. The lowest BCUT2D eigenvalue weighted by Gasteiger charge is -2.23. The highest BCUT2D eigenvalue weighted by molar-refractivity contribution is 7.91. The first-order valence-corrected chi connectivity index (χ1v) is 11.0. The van der Waals surface area contributed by atoms with Crippen LogP contribution < -0.4 is 0 Å². The van der Waals surface area contributed by atoms with E-state index in [0.717, 1.165) is 30.6 Å². The largest absolute Gasteiger partial charge is 0.252 e. The molecule has 2 aromatic rings. The van der Waals surface area contributed by atoms with E-state index in [9.17, 15) is 8.42 Å². The van der Waals surface area contributed by atoms with Gasteiger partial charge in [0.2, 0.25) is 0 Å². The third-order valence-electron chi connectivity index (χ3n) is 4.56. The van der Waals surface area contributed by atoms with E-state index in [4.69, 9.17) is 11.6 Å². The summed E-state index contributed by atoms with van der Waals surface area (Å²) in [5.41, 5.74) is 1.17. The highest BCUT2D eigenvalue weighted by Crippen LogP contribution is 2.32. The molecule has 24 heavy (non-hydrogen) atoms. The Morgan fingerprint density at radius 2 is 1.92 bits per heavy atom. The first kappa shape index (κ1) is 17.9. The number of hydrogen-bond acceptors (Lipinski definition) is 3. The molecule has 1 aromatic heterocycles. The molecular weight excluding hydrogens is 362 g/mol. The second-order valence-electron chi connectivity index (χ2n) is 6.18. The van der Waals surface area contributed by atoms with Crippen molar-refractivity contribution in [2.45, 2.75) is 42.7 Å². The van der Waals surface area contributed by atoms with Crippen molar-refractivity contribution in [1.82, 2.24) is 4.31 Å². The van der Waals surface area contributed by atoms with Crippen LogP contribution in [0.25, 0.3) is 0 Å².